The number of hydrogen-bond acceptors (Lipinski definition) is 2. The summed E-state index contributed by atoms with van der Waals surface area (Å²) in [5.41, 5.74) is 5.63. The molecule has 0 bridgehead atoms. The molecule has 4 rings (SSSR count). The predicted molar refractivity (Wildman–Crippen MR) is 120 cm³/mol. The van der Waals surface area contributed by atoms with Crippen molar-refractivity contribution in [2.75, 3.05) is 19.6 Å². The quantitative estimate of drug-likeness (QED) is 0.470. The van der Waals surface area contributed by atoms with E-state index in [4.69, 9.17) is 0 Å². The summed E-state index contributed by atoms with van der Waals surface area (Å²) >= 11 is 0. The third-order valence-corrected chi connectivity index (χ3v) is 5.69. The summed E-state index contributed by atoms with van der Waals surface area (Å²) in [4.78, 5) is 14.9. The summed E-state index contributed by atoms with van der Waals surface area (Å²) in [5.74, 6) is -0.0404. The van der Waals surface area contributed by atoms with Gasteiger partial charge in [-0.05, 0) is 47.2 Å². The van der Waals surface area contributed by atoms with Crippen molar-refractivity contribution in [3.05, 3.63) is 113 Å². The Morgan fingerprint density at radius 3 is 2.17 bits per heavy atom. The highest BCUT2D eigenvalue weighted by Gasteiger charge is 2.14. The average molecular weight is 400 g/mol. The number of ketones is 1. The van der Waals surface area contributed by atoms with Crippen LogP contribution in [0.25, 0.3) is 5.57 Å². The van der Waals surface area contributed by atoms with Crippen molar-refractivity contribution < 1.29 is 9.18 Å². The second-order valence-corrected chi connectivity index (χ2v) is 7.82. The fourth-order valence-corrected chi connectivity index (χ4v) is 3.88. The third-order valence-electron chi connectivity index (χ3n) is 5.69. The van der Waals surface area contributed by atoms with E-state index in [1.54, 1.807) is 12.1 Å². The smallest absolute Gasteiger partial charge is 0.164 e. The zero-order valence-corrected chi connectivity index (χ0v) is 17.1. The molecule has 1 heterocycles. The van der Waals surface area contributed by atoms with Crippen LogP contribution in [-0.2, 0) is 6.42 Å². The molecule has 0 unspecified atom stereocenters. The molecule has 2 nitrogen and oxygen atoms in total. The normalized spacial score (nSPS) is 14.4. The first-order chi connectivity index (χ1) is 14.7. The van der Waals surface area contributed by atoms with E-state index in [0.717, 1.165) is 49.2 Å². The van der Waals surface area contributed by atoms with Gasteiger partial charge in [0.15, 0.2) is 5.78 Å². The summed E-state index contributed by atoms with van der Waals surface area (Å²) in [6, 6.07) is 24.9. The molecule has 0 amide bonds. The van der Waals surface area contributed by atoms with Gasteiger partial charge < -0.3 is 0 Å². The zero-order chi connectivity index (χ0) is 20.8. The van der Waals surface area contributed by atoms with Crippen molar-refractivity contribution in [3.63, 3.8) is 0 Å². The largest absolute Gasteiger partial charge is 0.299 e. The van der Waals surface area contributed by atoms with E-state index in [2.05, 4.69) is 35.2 Å². The highest BCUT2D eigenvalue weighted by molar-refractivity contribution is 5.96. The van der Waals surface area contributed by atoms with Crippen molar-refractivity contribution in [2.24, 2.45) is 0 Å². The van der Waals surface area contributed by atoms with E-state index in [-0.39, 0.29) is 11.6 Å². The van der Waals surface area contributed by atoms with Crippen molar-refractivity contribution in [1.82, 2.24) is 4.90 Å². The summed E-state index contributed by atoms with van der Waals surface area (Å²) < 4.78 is 13.0. The van der Waals surface area contributed by atoms with Gasteiger partial charge in [-0.25, -0.2) is 4.39 Å². The molecular formula is C27H26FNO. The first-order valence-corrected chi connectivity index (χ1v) is 10.5. The fraction of sp³-hybridized carbons (Fsp3) is 0.222. The Labute approximate surface area is 177 Å². The SMILES string of the molecule is O=C(CCN1CC=C(c2ccccc2)CC1)c1ccc(Cc2ccc(F)cc2)cc1. The molecule has 3 heteroatoms. The number of carbonyl (C=O) groups is 1. The van der Waals surface area contributed by atoms with Gasteiger partial charge in [-0.3, -0.25) is 9.69 Å². The molecule has 0 radical (unpaired) electrons. The van der Waals surface area contributed by atoms with Gasteiger partial charge in [-0.15, -0.1) is 0 Å². The maximum absolute atomic E-state index is 13.0. The lowest BCUT2D eigenvalue weighted by molar-refractivity contribution is 0.0966. The maximum atomic E-state index is 13.0. The molecule has 3 aromatic rings. The minimum Gasteiger partial charge on any atom is -0.299 e. The van der Waals surface area contributed by atoms with Gasteiger partial charge in [0.25, 0.3) is 0 Å². The monoisotopic (exact) mass is 399 g/mol. The molecule has 0 fully saturated rings. The van der Waals surface area contributed by atoms with E-state index in [0.29, 0.717) is 6.42 Å². The van der Waals surface area contributed by atoms with Crippen molar-refractivity contribution >= 4 is 11.4 Å². The third kappa shape index (κ3) is 5.31. The number of Topliss-reactive ketones (excluding diaryl/α,β-unsaturated/α-hetero) is 1. The molecule has 0 saturated carbocycles. The van der Waals surface area contributed by atoms with Gasteiger partial charge in [0.2, 0.25) is 0 Å². The molecule has 0 N–H and O–H groups in total. The standard InChI is InChI=1S/C27H26FNO/c28-26-12-8-22(9-13-26)20-21-6-10-25(11-7-21)27(30)16-19-29-17-14-24(15-18-29)23-4-2-1-3-5-23/h1-14H,15-20H2. The fourth-order valence-electron chi connectivity index (χ4n) is 3.88. The van der Waals surface area contributed by atoms with Crippen LogP contribution in [0, 0.1) is 5.82 Å². The van der Waals surface area contributed by atoms with E-state index in [1.165, 1.54) is 23.3 Å². The molecule has 1 aliphatic heterocycles. The molecule has 0 aliphatic carbocycles. The summed E-state index contributed by atoms with van der Waals surface area (Å²) in [6.07, 6.45) is 4.58. The highest BCUT2D eigenvalue weighted by Crippen LogP contribution is 2.22. The van der Waals surface area contributed by atoms with Crippen molar-refractivity contribution in [3.8, 4) is 0 Å². The second-order valence-electron chi connectivity index (χ2n) is 7.82. The Bertz CT molecular complexity index is 1010. The van der Waals surface area contributed by atoms with Gasteiger partial charge in [0.05, 0.1) is 0 Å². The number of halogens is 1. The molecule has 0 saturated heterocycles. The Hall–Kier alpha value is -3.04. The minimum absolute atomic E-state index is 0.182. The van der Waals surface area contributed by atoms with Crippen LogP contribution >= 0.6 is 0 Å². The first kappa shape index (κ1) is 20.2. The Morgan fingerprint density at radius 1 is 0.867 bits per heavy atom. The van der Waals surface area contributed by atoms with E-state index in [9.17, 15) is 9.18 Å². The molecule has 1 aliphatic rings. The van der Waals surface area contributed by atoms with Crippen molar-refractivity contribution in [2.45, 2.75) is 19.3 Å². The van der Waals surface area contributed by atoms with Gasteiger partial charge in [-0.2, -0.15) is 0 Å². The number of rotatable bonds is 7. The lowest BCUT2D eigenvalue weighted by Gasteiger charge is -2.26. The number of benzene rings is 3. The zero-order valence-electron chi connectivity index (χ0n) is 17.1. The van der Waals surface area contributed by atoms with Crippen LogP contribution in [0.2, 0.25) is 0 Å². The molecule has 30 heavy (non-hydrogen) atoms. The van der Waals surface area contributed by atoms with Crippen LogP contribution in [0.3, 0.4) is 0 Å². The van der Waals surface area contributed by atoms with Crippen LogP contribution in [-0.4, -0.2) is 30.3 Å². The Morgan fingerprint density at radius 2 is 1.53 bits per heavy atom. The van der Waals surface area contributed by atoms with E-state index in [1.807, 2.05) is 30.3 Å². The molecule has 0 aromatic heterocycles. The van der Waals surface area contributed by atoms with Crippen molar-refractivity contribution in [1.29, 1.82) is 0 Å². The van der Waals surface area contributed by atoms with E-state index >= 15 is 0 Å². The molecule has 3 aromatic carbocycles. The molecule has 0 spiro atoms. The summed E-state index contributed by atoms with van der Waals surface area (Å²) in [5, 5.41) is 0. The summed E-state index contributed by atoms with van der Waals surface area (Å²) in [6.45, 7) is 2.67. The topological polar surface area (TPSA) is 20.3 Å². The van der Waals surface area contributed by atoms with Crippen LogP contribution in [0.4, 0.5) is 4.39 Å². The average Bonchev–Trinajstić information content (AvgIpc) is 2.80. The summed E-state index contributed by atoms with van der Waals surface area (Å²) in [7, 11) is 0. The van der Waals surface area contributed by atoms with Gasteiger partial charge in [0.1, 0.15) is 5.82 Å². The maximum Gasteiger partial charge on any atom is 0.164 e. The number of hydrogen-bond donors (Lipinski definition) is 0. The van der Waals surface area contributed by atoms with Crippen LogP contribution in [0.1, 0.15) is 39.9 Å². The molecule has 152 valence electrons. The van der Waals surface area contributed by atoms with Crippen LogP contribution in [0.5, 0.6) is 0 Å². The van der Waals surface area contributed by atoms with Gasteiger partial charge >= 0.3 is 0 Å². The Kier molecular flexibility index (Phi) is 6.50. The van der Waals surface area contributed by atoms with Gasteiger partial charge in [-0.1, -0.05) is 72.8 Å². The van der Waals surface area contributed by atoms with Gasteiger partial charge in [0, 0.05) is 31.6 Å². The highest BCUT2D eigenvalue weighted by atomic mass is 19.1. The predicted octanol–water partition coefficient (Wildman–Crippen LogP) is 5.78. The number of nitrogens with zero attached hydrogens (tertiary/aromatic N) is 1. The second kappa shape index (κ2) is 9.64. The lowest BCUT2D eigenvalue weighted by Crippen LogP contribution is -2.30. The van der Waals surface area contributed by atoms with Crippen LogP contribution < -0.4 is 0 Å². The van der Waals surface area contributed by atoms with E-state index < -0.39 is 0 Å². The lowest BCUT2D eigenvalue weighted by atomic mass is 9.99. The van der Waals surface area contributed by atoms with Crippen LogP contribution in [0.15, 0.2) is 84.9 Å². The molecular weight excluding hydrogens is 373 g/mol. The Balaban J connectivity index is 1.27. The number of carbonyl (C=O) groups excluding carboxylic acids is 1. The first-order valence-electron chi connectivity index (χ1n) is 10.5. The minimum atomic E-state index is -0.222. The molecule has 0 atom stereocenters.